The van der Waals surface area contributed by atoms with Crippen LogP contribution >= 0.6 is 11.3 Å². The number of benzene rings is 1. The average Bonchev–Trinajstić information content (AvgIpc) is 3.44. The minimum Gasteiger partial charge on any atom is -0.496 e. The summed E-state index contributed by atoms with van der Waals surface area (Å²) in [5, 5.41) is 21.5. The molecule has 0 fully saturated rings. The van der Waals surface area contributed by atoms with E-state index in [4.69, 9.17) is 4.74 Å². The van der Waals surface area contributed by atoms with E-state index in [9.17, 15) is 28.1 Å². The van der Waals surface area contributed by atoms with E-state index in [1.54, 1.807) is 25.1 Å². The third kappa shape index (κ3) is 4.08. The molecule has 10 nitrogen and oxygen atoms in total. The molecule has 5 rings (SSSR count). The number of nitro groups is 1. The summed E-state index contributed by atoms with van der Waals surface area (Å²) >= 11 is 0.893. The molecule has 1 amide bonds. The summed E-state index contributed by atoms with van der Waals surface area (Å²) in [5.74, 6) is 0.0743. The van der Waals surface area contributed by atoms with Gasteiger partial charge in [0.1, 0.15) is 39.7 Å². The number of nitrogens with one attached hydrogen (secondary N) is 2. The van der Waals surface area contributed by atoms with Crippen LogP contribution in [0.2, 0.25) is 0 Å². The number of nitrogens with zero attached hydrogens (tertiary/aromatic N) is 4. The van der Waals surface area contributed by atoms with Gasteiger partial charge in [0.05, 0.1) is 24.3 Å². The highest BCUT2D eigenvalue weighted by Crippen LogP contribution is 2.43. The number of halogens is 3. The molecule has 0 saturated heterocycles. The average molecular weight is 518 g/mol. The summed E-state index contributed by atoms with van der Waals surface area (Å²) in [6, 6.07) is 6.16. The van der Waals surface area contributed by atoms with E-state index in [0.717, 1.165) is 23.6 Å². The topological polar surface area (TPSA) is 124 Å². The van der Waals surface area contributed by atoms with E-state index < -0.39 is 28.9 Å². The molecule has 0 saturated carbocycles. The summed E-state index contributed by atoms with van der Waals surface area (Å²) in [6.45, 7) is 1.71. The maximum atomic E-state index is 13.2. The van der Waals surface area contributed by atoms with Gasteiger partial charge in [0, 0.05) is 10.9 Å². The number of hydrogen-bond acceptors (Lipinski definition) is 8. The molecule has 0 spiro atoms. The molecule has 0 aliphatic carbocycles. The van der Waals surface area contributed by atoms with Gasteiger partial charge in [-0.15, -0.1) is 11.3 Å². The van der Waals surface area contributed by atoms with Crippen LogP contribution < -0.4 is 15.4 Å². The number of ether oxygens (including phenoxy) is 1. The van der Waals surface area contributed by atoms with Crippen LogP contribution in [0.4, 0.5) is 24.5 Å². The molecule has 36 heavy (non-hydrogen) atoms. The summed E-state index contributed by atoms with van der Waals surface area (Å²) in [5.41, 5.74) is 0.896. The molecule has 0 unspecified atom stereocenters. The third-order valence-electron chi connectivity index (χ3n) is 5.72. The Bertz CT molecular complexity index is 1530. The molecule has 0 bridgehead atoms. The Balaban J connectivity index is 1.50. The number of methoxy groups -OCH3 is 1. The highest BCUT2D eigenvalue weighted by molar-refractivity contribution is 7.21. The number of carbonyl (C=O) groups excluding carboxylic acids is 1. The van der Waals surface area contributed by atoms with Gasteiger partial charge in [-0.3, -0.25) is 19.6 Å². The predicted octanol–water partition coefficient (Wildman–Crippen LogP) is 4.64. The number of pyridine rings is 1. The van der Waals surface area contributed by atoms with Crippen LogP contribution in [0.15, 0.2) is 36.7 Å². The van der Waals surface area contributed by atoms with Crippen molar-refractivity contribution in [2.75, 3.05) is 12.4 Å². The van der Waals surface area contributed by atoms with Gasteiger partial charge in [-0.05, 0) is 36.2 Å². The first-order valence-corrected chi connectivity index (χ1v) is 11.3. The largest absolute Gasteiger partial charge is 0.496 e. The smallest absolute Gasteiger partial charge is 0.433 e. The third-order valence-corrected chi connectivity index (χ3v) is 6.80. The Morgan fingerprint density at radius 1 is 1.28 bits per heavy atom. The van der Waals surface area contributed by atoms with Crippen molar-refractivity contribution in [2.45, 2.75) is 25.8 Å². The van der Waals surface area contributed by atoms with Crippen molar-refractivity contribution in [1.82, 2.24) is 20.1 Å². The molecule has 186 valence electrons. The Labute approximate surface area is 204 Å². The zero-order valence-corrected chi connectivity index (χ0v) is 19.5. The summed E-state index contributed by atoms with van der Waals surface area (Å²) in [6.07, 6.45) is -2.86. The second-order valence-electron chi connectivity index (χ2n) is 8.08. The summed E-state index contributed by atoms with van der Waals surface area (Å²) in [7, 11) is 1.49. The van der Waals surface area contributed by atoms with Gasteiger partial charge >= 0.3 is 11.9 Å². The van der Waals surface area contributed by atoms with E-state index in [1.165, 1.54) is 18.0 Å². The summed E-state index contributed by atoms with van der Waals surface area (Å²) < 4.78 is 46.5. The zero-order valence-electron chi connectivity index (χ0n) is 18.7. The lowest BCUT2D eigenvalue weighted by molar-refractivity contribution is -0.385. The lowest BCUT2D eigenvalue weighted by Crippen LogP contribution is -2.37. The number of aryl methyl sites for hydroxylation is 1. The van der Waals surface area contributed by atoms with E-state index in [-0.39, 0.29) is 21.9 Å². The lowest BCUT2D eigenvalue weighted by atomic mass is 10.0. The SMILES string of the molecule is COc1ccc([C@@H]2NC(=O)c3sc4nc(C(F)(F)F)cc(C)c4c3N2)cc1Cn1cc([N+](=O)[O-])cn1. The maximum absolute atomic E-state index is 13.2. The fourth-order valence-electron chi connectivity index (χ4n) is 4.08. The van der Waals surface area contributed by atoms with Crippen LogP contribution in [0.1, 0.15) is 38.2 Å². The lowest BCUT2D eigenvalue weighted by Gasteiger charge is -2.27. The van der Waals surface area contributed by atoms with E-state index >= 15 is 0 Å². The summed E-state index contributed by atoms with van der Waals surface area (Å²) in [4.78, 5) is 27.4. The Morgan fingerprint density at radius 3 is 2.72 bits per heavy atom. The molecule has 1 aromatic carbocycles. The first-order valence-electron chi connectivity index (χ1n) is 10.5. The maximum Gasteiger partial charge on any atom is 0.433 e. The van der Waals surface area contributed by atoms with Crippen molar-refractivity contribution in [2.24, 2.45) is 0 Å². The van der Waals surface area contributed by atoms with Gasteiger partial charge in [0.25, 0.3) is 5.91 Å². The van der Waals surface area contributed by atoms with Crippen molar-refractivity contribution < 1.29 is 27.6 Å². The molecule has 4 aromatic rings. The van der Waals surface area contributed by atoms with Crippen LogP contribution in [0.3, 0.4) is 0 Å². The number of carbonyl (C=O) groups is 1. The number of aromatic nitrogens is 3. The van der Waals surface area contributed by atoms with Gasteiger partial charge in [0.2, 0.25) is 0 Å². The molecule has 1 aliphatic rings. The standard InChI is InChI=1S/C22H17F3N6O4S/c1-10-5-15(22(23,24)25)27-21-16(10)17-18(36-21)20(32)29-19(28-17)11-3-4-14(35-2)12(6-11)8-30-9-13(7-26-30)31(33)34/h3-7,9,19,28H,8H2,1-2H3,(H,29,32)/t19-/m0/s1. The molecule has 2 N–H and O–H groups in total. The fourth-order valence-corrected chi connectivity index (χ4v) is 5.20. The van der Waals surface area contributed by atoms with Gasteiger partial charge in [-0.2, -0.15) is 18.3 Å². The van der Waals surface area contributed by atoms with Crippen LogP contribution in [0, 0.1) is 17.0 Å². The van der Waals surface area contributed by atoms with E-state index in [2.05, 4.69) is 20.7 Å². The molecule has 1 atom stereocenters. The monoisotopic (exact) mass is 518 g/mol. The fraction of sp³-hybridized carbons (Fsp3) is 0.227. The normalized spacial score (nSPS) is 15.4. The first-order chi connectivity index (χ1) is 17.0. The van der Waals surface area contributed by atoms with Gasteiger partial charge in [-0.1, -0.05) is 6.07 Å². The number of thiophene rings is 1. The number of anilines is 1. The second kappa shape index (κ2) is 8.48. The van der Waals surface area contributed by atoms with Crippen LogP contribution in [-0.2, 0) is 12.7 Å². The number of rotatable bonds is 5. The van der Waals surface area contributed by atoms with Crippen molar-refractivity contribution in [1.29, 1.82) is 0 Å². The highest BCUT2D eigenvalue weighted by atomic mass is 32.1. The molecule has 4 heterocycles. The van der Waals surface area contributed by atoms with Crippen molar-refractivity contribution in [3.8, 4) is 5.75 Å². The second-order valence-corrected chi connectivity index (χ2v) is 9.08. The molecule has 14 heteroatoms. The van der Waals surface area contributed by atoms with Crippen LogP contribution in [0.25, 0.3) is 10.2 Å². The minimum atomic E-state index is -4.60. The Morgan fingerprint density at radius 2 is 2.06 bits per heavy atom. The molecule has 1 aliphatic heterocycles. The minimum absolute atomic E-state index is 0.117. The predicted molar refractivity (Wildman–Crippen MR) is 124 cm³/mol. The van der Waals surface area contributed by atoms with E-state index in [0.29, 0.717) is 33.5 Å². The number of alkyl halides is 3. The Kier molecular flexibility index (Phi) is 5.54. The number of hydrogen-bond donors (Lipinski definition) is 2. The number of amides is 1. The van der Waals surface area contributed by atoms with Crippen LogP contribution in [0.5, 0.6) is 5.75 Å². The van der Waals surface area contributed by atoms with Gasteiger partial charge in [0.15, 0.2) is 0 Å². The molecular weight excluding hydrogens is 501 g/mol. The van der Waals surface area contributed by atoms with E-state index in [1.807, 2.05) is 0 Å². The van der Waals surface area contributed by atoms with Crippen molar-refractivity contribution in [3.05, 3.63) is 74.0 Å². The quantitative estimate of drug-likeness (QED) is 0.291. The number of fused-ring (bicyclic) bond motifs is 3. The molecule has 3 aromatic heterocycles. The zero-order chi connectivity index (χ0) is 25.8. The highest BCUT2D eigenvalue weighted by Gasteiger charge is 2.35. The Hall–Kier alpha value is -4.20. The first kappa shape index (κ1) is 23.5. The van der Waals surface area contributed by atoms with Crippen molar-refractivity contribution in [3.63, 3.8) is 0 Å². The van der Waals surface area contributed by atoms with Crippen LogP contribution in [-0.4, -0.2) is 32.7 Å². The molecule has 0 radical (unpaired) electrons. The van der Waals surface area contributed by atoms with Crippen molar-refractivity contribution >= 4 is 38.8 Å². The van der Waals surface area contributed by atoms with Gasteiger partial charge < -0.3 is 15.4 Å². The van der Waals surface area contributed by atoms with Gasteiger partial charge in [-0.25, -0.2) is 4.98 Å². The molecular formula is C22H17F3N6O4S.